The van der Waals surface area contributed by atoms with E-state index in [2.05, 4.69) is 44.9 Å². The number of rotatable bonds is 2. The smallest absolute Gasteiger partial charge is 0.0755 e. The highest BCUT2D eigenvalue weighted by atomic mass is 127. The third-order valence-electron chi connectivity index (χ3n) is 2.13. The first-order valence-electron chi connectivity index (χ1n) is 4.18. The van der Waals surface area contributed by atoms with Gasteiger partial charge in [-0.15, -0.1) is 0 Å². The predicted molar refractivity (Wildman–Crippen MR) is 65.4 cm³/mol. The topological polar surface area (TPSA) is 48.4 Å². The van der Waals surface area contributed by atoms with Crippen molar-refractivity contribution in [3.8, 4) is 0 Å². The van der Waals surface area contributed by atoms with Gasteiger partial charge in [0, 0.05) is 27.1 Å². The zero-order valence-corrected chi connectivity index (χ0v) is 9.52. The van der Waals surface area contributed by atoms with Gasteiger partial charge in [-0.3, -0.25) is 0 Å². The Labute approximate surface area is 95.0 Å². The summed E-state index contributed by atoms with van der Waals surface area (Å²) in [6, 6.07) is 6.23. The van der Waals surface area contributed by atoms with Crippen LogP contribution < -0.4 is 0 Å². The maximum Gasteiger partial charge on any atom is 0.0755 e. The molecule has 0 saturated carbocycles. The van der Waals surface area contributed by atoms with E-state index in [0.717, 1.165) is 20.9 Å². The summed E-state index contributed by atoms with van der Waals surface area (Å²) in [4.78, 5) is 3.14. The lowest BCUT2D eigenvalue weighted by Gasteiger charge is -1.95. The molecule has 0 atom stereocenters. The van der Waals surface area contributed by atoms with Gasteiger partial charge < -0.3 is 10.2 Å². The molecule has 3 nitrogen and oxygen atoms in total. The first-order chi connectivity index (χ1) is 6.85. The van der Waals surface area contributed by atoms with E-state index in [9.17, 15) is 0 Å². The van der Waals surface area contributed by atoms with Gasteiger partial charge in [0.05, 0.1) is 6.21 Å². The molecule has 0 spiro atoms. The van der Waals surface area contributed by atoms with Gasteiger partial charge in [-0.05, 0) is 11.6 Å². The summed E-state index contributed by atoms with van der Waals surface area (Å²) in [5.41, 5.74) is 3.27. The van der Waals surface area contributed by atoms with E-state index in [0.29, 0.717) is 0 Å². The van der Waals surface area contributed by atoms with Crippen LogP contribution in [0.15, 0.2) is 29.6 Å². The molecule has 1 heterocycles. The van der Waals surface area contributed by atoms with Crippen molar-refractivity contribution in [1.82, 2.24) is 4.98 Å². The van der Waals surface area contributed by atoms with E-state index in [1.165, 1.54) is 11.8 Å². The molecule has 2 rings (SSSR count). The number of hydrogen-bond acceptors (Lipinski definition) is 2. The van der Waals surface area contributed by atoms with Gasteiger partial charge in [-0.25, -0.2) is 0 Å². The number of hydrogen-bond donors (Lipinski definition) is 2. The molecule has 0 aliphatic heterocycles. The highest BCUT2D eigenvalue weighted by molar-refractivity contribution is 14.1. The minimum atomic E-state index is 0.905. The number of aromatic amines is 1. The number of benzene rings is 1. The lowest BCUT2D eigenvalue weighted by molar-refractivity contribution is 0.322. The third-order valence-corrected chi connectivity index (χ3v) is 3.01. The average Bonchev–Trinajstić information content (AvgIpc) is 2.61. The fraction of sp³-hybridized carbons (Fsp3) is 0.100. The second-order valence-electron chi connectivity index (χ2n) is 3.00. The van der Waals surface area contributed by atoms with Gasteiger partial charge in [-0.2, -0.15) is 0 Å². The highest BCUT2D eigenvalue weighted by Crippen LogP contribution is 2.19. The number of alkyl halides is 1. The van der Waals surface area contributed by atoms with Gasteiger partial charge >= 0.3 is 0 Å². The number of aromatic nitrogens is 1. The average molecular weight is 300 g/mol. The molecule has 1 aromatic carbocycles. The van der Waals surface area contributed by atoms with Crippen LogP contribution in [0.25, 0.3) is 10.9 Å². The molecule has 72 valence electrons. The first kappa shape index (κ1) is 9.51. The second-order valence-corrected chi connectivity index (χ2v) is 3.76. The van der Waals surface area contributed by atoms with Crippen molar-refractivity contribution in [2.45, 2.75) is 4.43 Å². The Balaban J connectivity index is 2.59. The molecule has 0 radical (unpaired) electrons. The largest absolute Gasteiger partial charge is 0.411 e. The van der Waals surface area contributed by atoms with E-state index in [4.69, 9.17) is 5.21 Å². The fourth-order valence-electron chi connectivity index (χ4n) is 1.45. The first-order valence-corrected chi connectivity index (χ1v) is 5.71. The Morgan fingerprint density at radius 2 is 2.36 bits per heavy atom. The molecule has 0 fully saturated rings. The van der Waals surface area contributed by atoms with Crippen LogP contribution in [0.1, 0.15) is 11.1 Å². The number of H-pyrrole nitrogens is 1. The summed E-state index contributed by atoms with van der Waals surface area (Å²) in [6.07, 6.45) is 3.27. The number of nitrogens with zero attached hydrogens (tertiary/aromatic N) is 1. The summed E-state index contributed by atoms with van der Waals surface area (Å²) >= 11 is 2.33. The van der Waals surface area contributed by atoms with Crippen LogP contribution in [0.5, 0.6) is 0 Å². The normalized spacial score (nSPS) is 11.5. The van der Waals surface area contributed by atoms with Gasteiger partial charge in [0.2, 0.25) is 0 Å². The Hall–Kier alpha value is -1.04. The number of halogens is 1. The Kier molecular flexibility index (Phi) is 2.72. The minimum Gasteiger partial charge on any atom is -0.411 e. The molecule has 0 amide bonds. The van der Waals surface area contributed by atoms with Gasteiger partial charge in [-0.1, -0.05) is 39.9 Å². The van der Waals surface area contributed by atoms with Crippen molar-refractivity contribution < 1.29 is 5.21 Å². The van der Waals surface area contributed by atoms with Crippen LogP contribution >= 0.6 is 22.6 Å². The molecule has 0 unspecified atom stereocenters. The minimum absolute atomic E-state index is 0.905. The molecule has 0 aliphatic carbocycles. The van der Waals surface area contributed by atoms with E-state index in [1.807, 2.05) is 12.3 Å². The van der Waals surface area contributed by atoms with Gasteiger partial charge in [0.15, 0.2) is 0 Å². The van der Waals surface area contributed by atoms with Crippen molar-refractivity contribution in [3.63, 3.8) is 0 Å². The number of oxime groups is 1. The molecule has 0 aliphatic rings. The molecular weight excluding hydrogens is 291 g/mol. The van der Waals surface area contributed by atoms with E-state index in [-0.39, 0.29) is 0 Å². The molecule has 2 aromatic rings. The fourth-order valence-corrected chi connectivity index (χ4v) is 1.92. The molecule has 0 bridgehead atoms. The van der Waals surface area contributed by atoms with Gasteiger partial charge in [0.25, 0.3) is 0 Å². The summed E-state index contributed by atoms with van der Waals surface area (Å²) in [5, 5.41) is 12.6. The van der Waals surface area contributed by atoms with Crippen molar-refractivity contribution >= 4 is 39.7 Å². The zero-order chi connectivity index (χ0) is 9.97. The molecule has 4 heteroatoms. The molecular formula is C10H9IN2O. The lowest BCUT2D eigenvalue weighted by Crippen LogP contribution is -1.79. The summed E-state index contributed by atoms with van der Waals surface area (Å²) in [6.45, 7) is 0. The highest BCUT2D eigenvalue weighted by Gasteiger charge is 2.01. The maximum absolute atomic E-state index is 8.45. The molecule has 14 heavy (non-hydrogen) atoms. The van der Waals surface area contributed by atoms with Crippen molar-refractivity contribution in [1.29, 1.82) is 0 Å². The SMILES string of the molecule is O/N=C/c1c[nH]c2cc(CI)ccc12. The summed E-state index contributed by atoms with van der Waals surface area (Å²) in [5.74, 6) is 0. The van der Waals surface area contributed by atoms with E-state index in [1.54, 1.807) is 0 Å². The summed E-state index contributed by atoms with van der Waals surface area (Å²) in [7, 11) is 0. The Bertz CT molecular complexity index is 476. The molecule has 2 N–H and O–H groups in total. The van der Waals surface area contributed by atoms with Crippen LogP contribution in [0.4, 0.5) is 0 Å². The van der Waals surface area contributed by atoms with Crippen LogP contribution in [0.3, 0.4) is 0 Å². The maximum atomic E-state index is 8.45. The van der Waals surface area contributed by atoms with Crippen LogP contribution in [-0.4, -0.2) is 16.4 Å². The Morgan fingerprint density at radius 1 is 1.50 bits per heavy atom. The van der Waals surface area contributed by atoms with Crippen molar-refractivity contribution in [2.75, 3.05) is 0 Å². The standard InChI is InChI=1S/C10H9IN2O/c11-4-7-1-2-9-8(6-13-14)5-12-10(9)3-7/h1-3,5-6,12,14H,4H2/b13-6+. The van der Waals surface area contributed by atoms with Crippen LogP contribution in [0.2, 0.25) is 0 Å². The van der Waals surface area contributed by atoms with Crippen LogP contribution in [-0.2, 0) is 4.43 Å². The van der Waals surface area contributed by atoms with Crippen molar-refractivity contribution in [3.05, 3.63) is 35.5 Å². The quantitative estimate of drug-likeness (QED) is 0.289. The van der Waals surface area contributed by atoms with E-state index < -0.39 is 0 Å². The van der Waals surface area contributed by atoms with Crippen molar-refractivity contribution in [2.24, 2.45) is 5.16 Å². The predicted octanol–water partition coefficient (Wildman–Crippen LogP) is 2.91. The molecule has 1 aromatic heterocycles. The monoisotopic (exact) mass is 300 g/mol. The third kappa shape index (κ3) is 1.61. The summed E-state index contributed by atoms with van der Waals surface area (Å²) < 4.78 is 0.996. The van der Waals surface area contributed by atoms with E-state index >= 15 is 0 Å². The number of fused-ring (bicyclic) bond motifs is 1. The Morgan fingerprint density at radius 3 is 3.07 bits per heavy atom. The second kappa shape index (κ2) is 4.00. The number of nitrogens with one attached hydrogen (secondary N) is 1. The van der Waals surface area contributed by atoms with Crippen LogP contribution in [0, 0.1) is 0 Å². The molecule has 0 saturated heterocycles. The lowest BCUT2D eigenvalue weighted by atomic mass is 10.1. The van der Waals surface area contributed by atoms with Gasteiger partial charge in [0.1, 0.15) is 0 Å². The zero-order valence-electron chi connectivity index (χ0n) is 7.37.